The van der Waals surface area contributed by atoms with Crippen molar-refractivity contribution in [2.75, 3.05) is 6.61 Å². The molecule has 164 valence electrons. The zero-order valence-electron chi connectivity index (χ0n) is 17.8. The lowest BCUT2D eigenvalue weighted by Crippen LogP contribution is -2.35. The minimum Gasteiger partial charge on any atom is -0.391 e. The number of ether oxygens (including phenoxy) is 1. The number of hydrogen-bond donors (Lipinski definition) is 3. The number of hydrogen-bond acceptors (Lipinski definition) is 4. The number of aliphatic hydroxyl groups is 2. The highest BCUT2D eigenvalue weighted by molar-refractivity contribution is 5.47. The van der Waals surface area contributed by atoms with Crippen molar-refractivity contribution in [3.8, 4) is 0 Å². The monoisotopic (exact) mass is 428 g/mol. The third-order valence-electron chi connectivity index (χ3n) is 5.68. The van der Waals surface area contributed by atoms with Crippen LogP contribution in [0, 0.1) is 0 Å². The van der Waals surface area contributed by atoms with Crippen LogP contribution in [-0.4, -0.2) is 32.9 Å². The molecular formula is C27H28N2O3. The van der Waals surface area contributed by atoms with Crippen molar-refractivity contribution >= 4 is 0 Å². The van der Waals surface area contributed by atoms with Crippen LogP contribution >= 0.6 is 0 Å². The average Bonchev–Trinajstić information content (AvgIpc) is 3.40. The summed E-state index contributed by atoms with van der Waals surface area (Å²) in [7, 11) is 0. The van der Waals surface area contributed by atoms with E-state index in [1.54, 1.807) is 6.20 Å². The van der Waals surface area contributed by atoms with Crippen LogP contribution < -0.4 is 0 Å². The number of aliphatic hydroxyl groups excluding tert-OH is 2. The maximum atomic E-state index is 10.7. The van der Waals surface area contributed by atoms with Gasteiger partial charge in [-0.2, -0.15) is 0 Å². The van der Waals surface area contributed by atoms with Crippen molar-refractivity contribution in [3.05, 3.63) is 126 Å². The van der Waals surface area contributed by atoms with Gasteiger partial charge in [-0.3, -0.25) is 0 Å². The van der Waals surface area contributed by atoms with E-state index >= 15 is 0 Å². The molecule has 32 heavy (non-hydrogen) atoms. The van der Waals surface area contributed by atoms with Crippen molar-refractivity contribution in [2.45, 2.75) is 30.7 Å². The molecule has 0 saturated heterocycles. The van der Waals surface area contributed by atoms with Crippen LogP contribution in [0.25, 0.3) is 0 Å². The fraction of sp³-hybridized carbons (Fsp3) is 0.222. The first-order chi connectivity index (χ1) is 15.7. The lowest BCUT2D eigenvalue weighted by molar-refractivity contribution is -0.0432. The van der Waals surface area contributed by atoms with Gasteiger partial charge in [-0.15, -0.1) is 0 Å². The van der Waals surface area contributed by atoms with Gasteiger partial charge in [0.25, 0.3) is 0 Å². The predicted octanol–water partition coefficient (Wildman–Crippen LogP) is 4.59. The molecule has 0 aliphatic rings. The Labute approximate surface area is 188 Å². The van der Waals surface area contributed by atoms with E-state index in [-0.39, 0.29) is 6.61 Å². The molecule has 5 nitrogen and oxygen atoms in total. The van der Waals surface area contributed by atoms with E-state index in [1.165, 1.54) is 6.33 Å². The Bertz CT molecular complexity index is 957. The Hall–Kier alpha value is -3.25. The van der Waals surface area contributed by atoms with E-state index < -0.39 is 17.8 Å². The minimum atomic E-state index is -0.868. The Morgan fingerprint density at radius 2 is 1.25 bits per heavy atom. The summed E-state index contributed by atoms with van der Waals surface area (Å²) in [5.41, 5.74) is 2.74. The van der Waals surface area contributed by atoms with Crippen LogP contribution in [0.15, 0.2) is 104 Å². The van der Waals surface area contributed by atoms with Crippen LogP contribution in [0.4, 0.5) is 0 Å². The van der Waals surface area contributed by atoms with Crippen molar-refractivity contribution in [3.63, 3.8) is 0 Å². The maximum Gasteiger partial charge on any atom is 0.143 e. The summed E-state index contributed by atoms with van der Waals surface area (Å²) in [6.45, 7) is 0.119. The molecule has 0 radical (unpaired) electrons. The van der Waals surface area contributed by atoms with Crippen LogP contribution in [-0.2, 0) is 10.3 Å². The Morgan fingerprint density at radius 3 is 1.69 bits per heavy atom. The van der Waals surface area contributed by atoms with Crippen LogP contribution in [0.1, 0.15) is 41.3 Å². The predicted molar refractivity (Wildman–Crippen MR) is 124 cm³/mol. The van der Waals surface area contributed by atoms with Gasteiger partial charge in [0.05, 0.1) is 37.0 Å². The van der Waals surface area contributed by atoms with Crippen molar-refractivity contribution < 1.29 is 14.9 Å². The van der Waals surface area contributed by atoms with E-state index in [9.17, 15) is 10.2 Å². The fourth-order valence-electron chi connectivity index (χ4n) is 4.03. The van der Waals surface area contributed by atoms with Gasteiger partial charge in [0.1, 0.15) is 5.60 Å². The van der Waals surface area contributed by atoms with Gasteiger partial charge in [0.15, 0.2) is 0 Å². The molecule has 0 aliphatic carbocycles. The molecule has 0 fully saturated rings. The Balaban J connectivity index is 1.61. The lowest BCUT2D eigenvalue weighted by Gasteiger charge is -2.36. The molecule has 0 aliphatic heterocycles. The number of nitrogens with one attached hydrogen (secondary N) is 1. The summed E-state index contributed by atoms with van der Waals surface area (Å²) >= 11 is 0. The number of rotatable bonds is 10. The SMILES string of the molecule is OC(CC[C@H](O)COC(c1ccccc1)(c1ccccc1)c1ccccc1)c1cnc[nH]1. The molecule has 0 spiro atoms. The van der Waals surface area contributed by atoms with Gasteiger partial charge in [-0.05, 0) is 29.5 Å². The summed E-state index contributed by atoms with van der Waals surface area (Å²) < 4.78 is 6.62. The average molecular weight is 429 g/mol. The first-order valence-corrected chi connectivity index (χ1v) is 10.8. The molecule has 3 N–H and O–H groups in total. The highest BCUT2D eigenvalue weighted by Crippen LogP contribution is 2.40. The number of H-pyrrole nitrogens is 1. The van der Waals surface area contributed by atoms with Crippen molar-refractivity contribution in [1.82, 2.24) is 9.97 Å². The molecule has 0 bridgehead atoms. The van der Waals surface area contributed by atoms with Gasteiger partial charge in [-0.25, -0.2) is 4.98 Å². The van der Waals surface area contributed by atoms with Crippen LogP contribution in [0.2, 0.25) is 0 Å². The van der Waals surface area contributed by atoms with Crippen LogP contribution in [0.3, 0.4) is 0 Å². The zero-order chi connectivity index (χ0) is 22.2. The van der Waals surface area contributed by atoms with Gasteiger partial charge >= 0.3 is 0 Å². The van der Waals surface area contributed by atoms with Crippen molar-refractivity contribution in [2.24, 2.45) is 0 Å². The standard InChI is InChI=1S/C27H28N2O3/c30-24(16-17-26(31)25-18-28-20-29-25)19-32-27(21-10-4-1-5-11-21,22-12-6-2-7-13-22)23-14-8-3-9-15-23/h1-15,18,20,24,26,30-31H,16-17,19H2,(H,28,29)/t24-,26?/m0/s1. The lowest BCUT2D eigenvalue weighted by atomic mass is 9.80. The smallest absolute Gasteiger partial charge is 0.143 e. The van der Waals surface area contributed by atoms with Crippen molar-refractivity contribution in [1.29, 1.82) is 0 Å². The molecule has 1 aromatic heterocycles. The third-order valence-corrected chi connectivity index (χ3v) is 5.68. The molecule has 0 amide bonds. The Morgan fingerprint density at radius 1 is 0.750 bits per heavy atom. The first kappa shape index (κ1) is 22.0. The minimum absolute atomic E-state index is 0.119. The van der Waals surface area contributed by atoms with Gasteiger partial charge in [0.2, 0.25) is 0 Å². The normalized spacial score (nSPS) is 13.6. The second-order valence-corrected chi connectivity index (χ2v) is 7.84. The fourth-order valence-corrected chi connectivity index (χ4v) is 4.03. The summed E-state index contributed by atoms with van der Waals surface area (Å²) in [5, 5.41) is 21.0. The summed E-state index contributed by atoms with van der Waals surface area (Å²) in [5.74, 6) is 0. The first-order valence-electron chi connectivity index (χ1n) is 10.8. The highest BCUT2D eigenvalue weighted by Gasteiger charge is 2.38. The molecule has 5 heteroatoms. The molecule has 4 rings (SSSR count). The number of aromatic nitrogens is 2. The summed E-state index contributed by atoms with van der Waals surface area (Å²) in [6, 6.07) is 30.2. The quantitative estimate of drug-likeness (QED) is 0.323. The Kier molecular flexibility index (Phi) is 7.12. The number of imidazole rings is 1. The molecule has 2 atom stereocenters. The van der Waals surface area contributed by atoms with Gasteiger partial charge in [0, 0.05) is 0 Å². The molecule has 4 aromatic rings. The maximum absolute atomic E-state index is 10.7. The molecule has 1 heterocycles. The van der Waals surface area contributed by atoms with E-state index in [2.05, 4.69) is 9.97 Å². The van der Waals surface area contributed by atoms with E-state index in [0.29, 0.717) is 18.5 Å². The van der Waals surface area contributed by atoms with E-state index in [1.807, 2.05) is 91.0 Å². The molecular weight excluding hydrogens is 400 g/mol. The highest BCUT2D eigenvalue weighted by atomic mass is 16.5. The zero-order valence-corrected chi connectivity index (χ0v) is 17.8. The topological polar surface area (TPSA) is 78.4 Å². The van der Waals surface area contributed by atoms with Gasteiger partial charge in [-0.1, -0.05) is 91.0 Å². The third kappa shape index (κ3) is 4.81. The summed E-state index contributed by atoms with van der Waals surface area (Å²) in [4.78, 5) is 6.84. The number of aromatic amines is 1. The molecule has 3 aromatic carbocycles. The van der Waals surface area contributed by atoms with Gasteiger partial charge < -0.3 is 19.9 Å². The second-order valence-electron chi connectivity index (χ2n) is 7.84. The number of nitrogens with zero attached hydrogens (tertiary/aromatic N) is 1. The number of benzene rings is 3. The molecule has 0 saturated carbocycles. The molecule has 1 unspecified atom stereocenters. The van der Waals surface area contributed by atoms with E-state index in [0.717, 1.165) is 16.7 Å². The van der Waals surface area contributed by atoms with E-state index in [4.69, 9.17) is 4.74 Å². The van der Waals surface area contributed by atoms with Crippen LogP contribution in [0.5, 0.6) is 0 Å². The largest absolute Gasteiger partial charge is 0.391 e. The second kappa shape index (κ2) is 10.4. The summed E-state index contributed by atoms with van der Waals surface area (Å²) in [6.07, 6.45) is 2.50.